The summed E-state index contributed by atoms with van der Waals surface area (Å²) in [5, 5.41) is 3.95. The fraction of sp³-hybridized carbons (Fsp3) is 0.741. The Labute approximate surface area is 210 Å². The van der Waals surface area contributed by atoms with E-state index in [1.165, 1.54) is 32.1 Å². The number of urea groups is 1. The SMILES string of the molecule is CCOCCCOC(c1cccc(Cl)c1)[C@@H]1CCCN(C(=O)N[C@H](CN)CC2CCCCC2)C1. The highest BCUT2D eigenvalue weighted by Crippen LogP contribution is 2.34. The molecule has 0 radical (unpaired) electrons. The third-order valence-electron chi connectivity index (χ3n) is 7.24. The molecular weight excluding hydrogens is 450 g/mol. The molecule has 192 valence electrons. The number of nitrogens with two attached hydrogens (primary N) is 1. The van der Waals surface area contributed by atoms with Gasteiger partial charge in [0, 0.05) is 56.4 Å². The largest absolute Gasteiger partial charge is 0.382 e. The highest BCUT2D eigenvalue weighted by molar-refractivity contribution is 6.30. The van der Waals surface area contributed by atoms with E-state index in [0.29, 0.717) is 37.2 Å². The van der Waals surface area contributed by atoms with Crippen LogP contribution in [0.1, 0.15) is 76.4 Å². The number of hydrogen-bond donors (Lipinski definition) is 2. The molecular formula is C27H44ClN3O3. The van der Waals surface area contributed by atoms with E-state index in [1.54, 1.807) is 0 Å². The number of halogens is 1. The molecule has 1 heterocycles. The molecule has 1 saturated carbocycles. The summed E-state index contributed by atoms with van der Waals surface area (Å²) in [4.78, 5) is 15.1. The van der Waals surface area contributed by atoms with E-state index in [1.807, 2.05) is 30.0 Å². The molecule has 6 nitrogen and oxygen atoms in total. The number of nitrogens with one attached hydrogen (secondary N) is 1. The highest BCUT2D eigenvalue weighted by Gasteiger charge is 2.32. The predicted molar refractivity (Wildman–Crippen MR) is 138 cm³/mol. The van der Waals surface area contributed by atoms with Crippen molar-refractivity contribution >= 4 is 17.6 Å². The first kappa shape index (κ1) is 27.3. The molecule has 1 aromatic rings. The van der Waals surface area contributed by atoms with E-state index < -0.39 is 0 Å². The van der Waals surface area contributed by atoms with Crippen LogP contribution in [0.3, 0.4) is 0 Å². The molecule has 2 fully saturated rings. The summed E-state index contributed by atoms with van der Waals surface area (Å²) >= 11 is 6.30. The van der Waals surface area contributed by atoms with Gasteiger partial charge in [0.05, 0.1) is 6.10 Å². The topological polar surface area (TPSA) is 76.8 Å². The average Bonchev–Trinajstić information content (AvgIpc) is 2.86. The number of rotatable bonds is 12. The summed E-state index contributed by atoms with van der Waals surface area (Å²) in [6, 6.07) is 7.98. The Morgan fingerprint density at radius 2 is 2.03 bits per heavy atom. The van der Waals surface area contributed by atoms with Gasteiger partial charge in [-0.05, 0) is 56.2 Å². The van der Waals surface area contributed by atoms with Crippen LogP contribution < -0.4 is 11.1 Å². The summed E-state index contributed by atoms with van der Waals surface area (Å²) in [6.45, 7) is 5.98. The van der Waals surface area contributed by atoms with Gasteiger partial charge in [0.15, 0.2) is 0 Å². The van der Waals surface area contributed by atoms with Crippen LogP contribution in [-0.4, -0.2) is 56.4 Å². The third kappa shape index (κ3) is 8.71. The molecule has 1 aliphatic heterocycles. The molecule has 1 saturated heterocycles. The molecule has 1 aliphatic carbocycles. The second-order valence-electron chi connectivity index (χ2n) is 9.87. The first-order chi connectivity index (χ1) is 16.6. The lowest BCUT2D eigenvalue weighted by Gasteiger charge is -2.38. The van der Waals surface area contributed by atoms with E-state index in [2.05, 4.69) is 11.4 Å². The maximum atomic E-state index is 13.2. The number of amides is 2. The zero-order chi connectivity index (χ0) is 24.2. The number of ether oxygens (including phenoxy) is 2. The van der Waals surface area contributed by atoms with Crippen LogP contribution in [0.2, 0.25) is 5.02 Å². The fourth-order valence-electron chi connectivity index (χ4n) is 5.45. The molecule has 1 aromatic carbocycles. The zero-order valence-electron chi connectivity index (χ0n) is 20.9. The molecule has 2 amide bonds. The number of carbonyl (C=O) groups is 1. The van der Waals surface area contributed by atoms with Gasteiger partial charge in [-0.2, -0.15) is 0 Å². The summed E-state index contributed by atoms with van der Waals surface area (Å²) in [5.41, 5.74) is 7.12. The van der Waals surface area contributed by atoms with Crippen LogP contribution in [0.15, 0.2) is 24.3 Å². The lowest BCUT2D eigenvalue weighted by atomic mass is 9.85. The number of hydrogen-bond acceptors (Lipinski definition) is 4. The number of benzene rings is 1. The average molecular weight is 494 g/mol. The second-order valence-corrected chi connectivity index (χ2v) is 10.3. The van der Waals surface area contributed by atoms with Crippen molar-refractivity contribution in [1.29, 1.82) is 0 Å². The predicted octanol–water partition coefficient (Wildman–Crippen LogP) is 5.54. The minimum Gasteiger partial charge on any atom is -0.382 e. The molecule has 7 heteroatoms. The van der Waals surface area contributed by atoms with Crippen LogP contribution in [0.25, 0.3) is 0 Å². The maximum Gasteiger partial charge on any atom is 0.317 e. The molecule has 1 unspecified atom stereocenters. The number of carbonyl (C=O) groups excluding carboxylic acids is 1. The summed E-state index contributed by atoms with van der Waals surface area (Å²) in [5.74, 6) is 0.911. The summed E-state index contributed by atoms with van der Waals surface area (Å²) < 4.78 is 11.8. The van der Waals surface area contributed by atoms with E-state index in [9.17, 15) is 4.79 Å². The van der Waals surface area contributed by atoms with Gasteiger partial charge in [-0.1, -0.05) is 55.8 Å². The first-order valence-corrected chi connectivity index (χ1v) is 13.7. The Balaban J connectivity index is 1.59. The molecule has 3 rings (SSSR count). The van der Waals surface area contributed by atoms with Gasteiger partial charge in [0.1, 0.15) is 0 Å². The number of piperidine rings is 1. The van der Waals surface area contributed by atoms with Crippen molar-refractivity contribution < 1.29 is 14.3 Å². The molecule has 0 aromatic heterocycles. The number of nitrogens with zero attached hydrogens (tertiary/aromatic N) is 1. The minimum atomic E-state index is -0.0940. The van der Waals surface area contributed by atoms with Crippen LogP contribution in [0.4, 0.5) is 4.79 Å². The first-order valence-electron chi connectivity index (χ1n) is 13.3. The molecule has 3 atom stereocenters. The van der Waals surface area contributed by atoms with Crippen LogP contribution in [0.5, 0.6) is 0 Å². The minimum absolute atomic E-state index is 0.0112. The van der Waals surface area contributed by atoms with Gasteiger partial charge in [-0.15, -0.1) is 0 Å². The fourth-order valence-corrected chi connectivity index (χ4v) is 5.65. The van der Waals surface area contributed by atoms with Gasteiger partial charge < -0.3 is 25.4 Å². The smallest absolute Gasteiger partial charge is 0.317 e. The Hall–Kier alpha value is -1.34. The van der Waals surface area contributed by atoms with Crippen LogP contribution in [0, 0.1) is 11.8 Å². The van der Waals surface area contributed by atoms with Gasteiger partial charge >= 0.3 is 6.03 Å². The van der Waals surface area contributed by atoms with Crippen molar-refractivity contribution in [3.8, 4) is 0 Å². The normalized spacial score (nSPS) is 21.3. The van der Waals surface area contributed by atoms with Crippen molar-refractivity contribution in [3.63, 3.8) is 0 Å². The van der Waals surface area contributed by atoms with Crippen molar-refractivity contribution in [2.45, 2.75) is 76.9 Å². The van der Waals surface area contributed by atoms with Crippen molar-refractivity contribution in [1.82, 2.24) is 10.2 Å². The molecule has 0 bridgehead atoms. The van der Waals surface area contributed by atoms with E-state index in [4.69, 9.17) is 26.8 Å². The molecule has 34 heavy (non-hydrogen) atoms. The lowest BCUT2D eigenvalue weighted by molar-refractivity contribution is -0.0184. The van der Waals surface area contributed by atoms with Gasteiger partial charge in [-0.3, -0.25) is 0 Å². The van der Waals surface area contributed by atoms with E-state index in [0.717, 1.165) is 44.4 Å². The Morgan fingerprint density at radius 1 is 1.21 bits per heavy atom. The standard InChI is InChI=1S/C27H44ClN3O3/c1-2-33-15-8-16-34-26(22-11-6-13-24(28)18-22)23-12-7-14-31(20-23)27(32)30-25(19-29)17-21-9-4-3-5-10-21/h6,11,13,18,21,23,25-26H,2-5,7-10,12,14-17,19-20,29H2,1H3,(H,30,32)/t23-,25+,26?/m1/s1. The monoisotopic (exact) mass is 493 g/mol. The quantitative estimate of drug-likeness (QED) is 0.374. The Bertz CT molecular complexity index is 729. The van der Waals surface area contributed by atoms with Crippen molar-refractivity contribution in [3.05, 3.63) is 34.9 Å². The van der Waals surface area contributed by atoms with Crippen molar-refractivity contribution in [2.75, 3.05) is 39.5 Å². The third-order valence-corrected chi connectivity index (χ3v) is 7.47. The van der Waals surface area contributed by atoms with Crippen LogP contribution in [-0.2, 0) is 9.47 Å². The van der Waals surface area contributed by atoms with Gasteiger partial charge in [0.2, 0.25) is 0 Å². The lowest BCUT2D eigenvalue weighted by Crippen LogP contribution is -2.51. The van der Waals surface area contributed by atoms with Crippen LogP contribution >= 0.6 is 11.6 Å². The van der Waals surface area contributed by atoms with Gasteiger partial charge in [-0.25, -0.2) is 4.79 Å². The number of likely N-dealkylation sites (tertiary alicyclic amines) is 1. The molecule has 2 aliphatic rings. The second kappa shape index (κ2) is 14.9. The van der Waals surface area contributed by atoms with Crippen molar-refractivity contribution in [2.24, 2.45) is 17.6 Å². The summed E-state index contributed by atoms with van der Waals surface area (Å²) in [7, 11) is 0. The van der Waals surface area contributed by atoms with E-state index in [-0.39, 0.29) is 24.1 Å². The Kier molecular flexibility index (Phi) is 12.0. The Morgan fingerprint density at radius 3 is 2.76 bits per heavy atom. The van der Waals surface area contributed by atoms with E-state index >= 15 is 0 Å². The highest BCUT2D eigenvalue weighted by atomic mass is 35.5. The van der Waals surface area contributed by atoms with Gasteiger partial charge in [0.25, 0.3) is 0 Å². The summed E-state index contributed by atoms with van der Waals surface area (Å²) in [6.07, 6.45) is 10.2. The molecule has 0 spiro atoms. The maximum absolute atomic E-state index is 13.2. The zero-order valence-corrected chi connectivity index (χ0v) is 21.6. The molecule has 3 N–H and O–H groups in total.